The van der Waals surface area contributed by atoms with E-state index in [2.05, 4.69) is 10.6 Å². The predicted octanol–water partition coefficient (Wildman–Crippen LogP) is 1.60. The number of amides is 1. The van der Waals surface area contributed by atoms with Crippen LogP contribution in [0.3, 0.4) is 0 Å². The van der Waals surface area contributed by atoms with Gasteiger partial charge in [-0.1, -0.05) is 13.0 Å². The summed E-state index contributed by atoms with van der Waals surface area (Å²) in [6.07, 6.45) is 6.54. The van der Waals surface area contributed by atoms with E-state index < -0.39 is 0 Å². The standard InChI is InChI=1S/C12H22N2O/c1-3-5-10(2)12(15)14-9-4-8-13-11-6-7-11/h5,11,13H,3-4,6-9H2,1-2H3,(H,14,15)/b10-5+. The maximum atomic E-state index is 11.4. The van der Waals surface area contributed by atoms with Gasteiger partial charge in [0.2, 0.25) is 5.91 Å². The van der Waals surface area contributed by atoms with Crippen LogP contribution in [0.5, 0.6) is 0 Å². The summed E-state index contributed by atoms with van der Waals surface area (Å²) in [5.41, 5.74) is 0.827. The largest absolute Gasteiger partial charge is 0.352 e. The number of nitrogens with one attached hydrogen (secondary N) is 2. The van der Waals surface area contributed by atoms with Crippen LogP contribution >= 0.6 is 0 Å². The van der Waals surface area contributed by atoms with Gasteiger partial charge in [-0.15, -0.1) is 0 Å². The first-order chi connectivity index (χ1) is 7.24. The normalized spacial score (nSPS) is 16.5. The Kier molecular flexibility index (Phi) is 5.40. The maximum Gasteiger partial charge on any atom is 0.246 e. The quantitative estimate of drug-likeness (QED) is 0.495. The topological polar surface area (TPSA) is 41.1 Å². The van der Waals surface area contributed by atoms with Crippen LogP contribution in [0.1, 0.15) is 39.5 Å². The third kappa shape index (κ3) is 5.57. The molecule has 1 saturated carbocycles. The van der Waals surface area contributed by atoms with E-state index in [1.165, 1.54) is 12.8 Å². The summed E-state index contributed by atoms with van der Waals surface area (Å²) in [7, 11) is 0. The highest BCUT2D eigenvalue weighted by Crippen LogP contribution is 2.18. The fourth-order valence-corrected chi connectivity index (χ4v) is 1.42. The van der Waals surface area contributed by atoms with Gasteiger partial charge in [0.25, 0.3) is 0 Å². The summed E-state index contributed by atoms with van der Waals surface area (Å²) in [4.78, 5) is 11.4. The summed E-state index contributed by atoms with van der Waals surface area (Å²) < 4.78 is 0. The summed E-state index contributed by atoms with van der Waals surface area (Å²) in [5, 5.41) is 6.33. The minimum Gasteiger partial charge on any atom is -0.352 e. The molecule has 0 heterocycles. The summed E-state index contributed by atoms with van der Waals surface area (Å²) in [6, 6.07) is 0.766. The molecular weight excluding hydrogens is 188 g/mol. The Bertz CT molecular complexity index is 232. The number of carbonyl (C=O) groups excluding carboxylic acids is 1. The van der Waals surface area contributed by atoms with E-state index in [4.69, 9.17) is 0 Å². The highest BCUT2D eigenvalue weighted by Gasteiger charge is 2.19. The van der Waals surface area contributed by atoms with Crippen molar-refractivity contribution in [1.29, 1.82) is 0 Å². The summed E-state index contributed by atoms with van der Waals surface area (Å²) in [6.45, 7) is 5.69. The Morgan fingerprint density at radius 1 is 1.40 bits per heavy atom. The second-order valence-corrected chi connectivity index (χ2v) is 4.13. The molecule has 0 atom stereocenters. The Morgan fingerprint density at radius 2 is 2.13 bits per heavy atom. The second-order valence-electron chi connectivity index (χ2n) is 4.13. The molecule has 1 aliphatic rings. The van der Waals surface area contributed by atoms with Crippen LogP contribution in [0.25, 0.3) is 0 Å². The van der Waals surface area contributed by atoms with Crippen molar-refractivity contribution in [1.82, 2.24) is 10.6 Å². The fraction of sp³-hybridized carbons (Fsp3) is 0.750. The number of carbonyl (C=O) groups is 1. The molecule has 0 aromatic heterocycles. The zero-order chi connectivity index (χ0) is 11.1. The van der Waals surface area contributed by atoms with Crippen molar-refractivity contribution in [2.45, 2.75) is 45.6 Å². The summed E-state index contributed by atoms with van der Waals surface area (Å²) >= 11 is 0. The van der Waals surface area contributed by atoms with Crippen LogP contribution in [0.4, 0.5) is 0 Å². The van der Waals surface area contributed by atoms with Gasteiger partial charge in [0.1, 0.15) is 0 Å². The number of rotatable bonds is 7. The maximum absolute atomic E-state index is 11.4. The van der Waals surface area contributed by atoms with Crippen molar-refractivity contribution in [3.8, 4) is 0 Å². The molecule has 0 bridgehead atoms. The zero-order valence-corrected chi connectivity index (χ0v) is 9.81. The zero-order valence-electron chi connectivity index (χ0n) is 9.81. The highest BCUT2D eigenvalue weighted by molar-refractivity contribution is 5.92. The van der Waals surface area contributed by atoms with Crippen molar-refractivity contribution < 1.29 is 4.79 Å². The lowest BCUT2D eigenvalue weighted by Gasteiger charge is -2.05. The van der Waals surface area contributed by atoms with Crippen LogP contribution in [-0.4, -0.2) is 25.0 Å². The lowest BCUT2D eigenvalue weighted by atomic mass is 10.2. The van der Waals surface area contributed by atoms with E-state index in [0.29, 0.717) is 0 Å². The van der Waals surface area contributed by atoms with Crippen molar-refractivity contribution >= 4 is 5.91 Å². The third-order valence-corrected chi connectivity index (χ3v) is 2.52. The van der Waals surface area contributed by atoms with Crippen LogP contribution in [-0.2, 0) is 4.79 Å². The molecule has 0 aliphatic heterocycles. The molecule has 0 radical (unpaired) electrons. The molecule has 2 N–H and O–H groups in total. The SMILES string of the molecule is CC/C=C(\C)C(=O)NCCCNC1CC1. The molecule has 0 aromatic carbocycles. The molecule has 1 amide bonds. The van der Waals surface area contributed by atoms with Gasteiger partial charge in [0, 0.05) is 18.2 Å². The van der Waals surface area contributed by atoms with E-state index in [-0.39, 0.29) is 5.91 Å². The van der Waals surface area contributed by atoms with Crippen molar-refractivity contribution in [2.24, 2.45) is 0 Å². The first-order valence-corrected chi connectivity index (χ1v) is 5.92. The first-order valence-electron chi connectivity index (χ1n) is 5.92. The Hall–Kier alpha value is -0.830. The van der Waals surface area contributed by atoms with Crippen LogP contribution in [0.15, 0.2) is 11.6 Å². The van der Waals surface area contributed by atoms with E-state index in [1.807, 2.05) is 19.9 Å². The Balaban J connectivity index is 1.97. The molecule has 0 spiro atoms. The molecular formula is C12H22N2O. The van der Waals surface area contributed by atoms with E-state index in [9.17, 15) is 4.79 Å². The van der Waals surface area contributed by atoms with Gasteiger partial charge < -0.3 is 10.6 Å². The monoisotopic (exact) mass is 210 g/mol. The second kappa shape index (κ2) is 6.62. The van der Waals surface area contributed by atoms with Crippen LogP contribution in [0.2, 0.25) is 0 Å². The molecule has 1 rings (SSSR count). The first kappa shape index (κ1) is 12.2. The van der Waals surface area contributed by atoms with Gasteiger partial charge in [-0.05, 0) is 39.2 Å². The molecule has 1 fully saturated rings. The minimum atomic E-state index is 0.0725. The van der Waals surface area contributed by atoms with Gasteiger partial charge in [0.05, 0.1) is 0 Å². The molecule has 0 unspecified atom stereocenters. The van der Waals surface area contributed by atoms with Crippen molar-refractivity contribution in [3.05, 3.63) is 11.6 Å². The number of allylic oxidation sites excluding steroid dienone is 1. The van der Waals surface area contributed by atoms with E-state index >= 15 is 0 Å². The molecule has 0 aromatic rings. The molecule has 1 aliphatic carbocycles. The fourth-order valence-electron chi connectivity index (χ4n) is 1.42. The highest BCUT2D eigenvalue weighted by atomic mass is 16.1. The average molecular weight is 210 g/mol. The molecule has 0 saturated heterocycles. The predicted molar refractivity (Wildman–Crippen MR) is 62.7 cm³/mol. The molecule has 15 heavy (non-hydrogen) atoms. The Morgan fingerprint density at radius 3 is 2.73 bits per heavy atom. The lowest BCUT2D eigenvalue weighted by Crippen LogP contribution is -2.28. The van der Waals surface area contributed by atoms with Gasteiger partial charge in [-0.3, -0.25) is 4.79 Å². The van der Waals surface area contributed by atoms with Crippen molar-refractivity contribution in [2.75, 3.05) is 13.1 Å². The van der Waals surface area contributed by atoms with Gasteiger partial charge in [-0.2, -0.15) is 0 Å². The van der Waals surface area contributed by atoms with Crippen LogP contribution < -0.4 is 10.6 Å². The molecule has 3 nitrogen and oxygen atoms in total. The van der Waals surface area contributed by atoms with Gasteiger partial charge in [0.15, 0.2) is 0 Å². The summed E-state index contributed by atoms with van der Waals surface area (Å²) in [5.74, 6) is 0.0725. The Labute approximate surface area is 92.3 Å². The smallest absolute Gasteiger partial charge is 0.246 e. The van der Waals surface area contributed by atoms with Crippen LogP contribution in [0, 0.1) is 0 Å². The van der Waals surface area contributed by atoms with E-state index in [1.54, 1.807) is 0 Å². The number of hydrogen-bond donors (Lipinski definition) is 2. The van der Waals surface area contributed by atoms with E-state index in [0.717, 1.165) is 37.5 Å². The molecule has 86 valence electrons. The number of hydrogen-bond acceptors (Lipinski definition) is 2. The molecule has 3 heteroatoms. The van der Waals surface area contributed by atoms with Crippen molar-refractivity contribution in [3.63, 3.8) is 0 Å². The lowest BCUT2D eigenvalue weighted by molar-refractivity contribution is -0.117. The average Bonchev–Trinajstić information content (AvgIpc) is 3.01. The van der Waals surface area contributed by atoms with Gasteiger partial charge in [-0.25, -0.2) is 0 Å². The minimum absolute atomic E-state index is 0.0725. The van der Waals surface area contributed by atoms with Gasteiger partial charge >= 0.3 is 0 Å². The third-order valence-electron chi connectivity index (χ3n) is 2.52.